The number of aromatic nitrogens is 2. The van der Waals surface area contributed by atoms with E-state index < -0.39 is 5.82 Å². The Balaban J connectivity index is 1.50. The van der Waals surface area contributed by atoms with Crippen LogP contribution in [0.1, 0.15) is 24.0 Å². The zero-order valence-corrected chi connectivity index (χ0v) is 13.7. The van der Waals surface area contributed by atoms with Gasteiger partial charge in [-0.2, -0.15) is 4.98 Å². The van der Waals surface area contributed by atoms with Crippen molar-refractivity contribution in [3.8, 4) is 11.4 Å². The number of halogens is 2. The monoisotopic (exact) mass is 361 g/mol. The van der Waals surface area contributed by atoms with Crippen LogP contribution in [0.5, 0.6) is 0 Å². The molecule has 8 heteroatoms. The van der Waals surface area contributed by atoms with E-state index in [2.05, 4.69) is 10.1 Å². The maximum Gasteiger partial charge on any atom is 0.232 e. The first-order chi connectivity index (χ1) is 12.1. The fraction of sp³-hybridized carbons (Fsp3) is 0.235. The zero-order valence-electron chi connectivity index (χ0n) is 13.0. The normalized spacial score (nSPS) is 17.4. The number of hydrogen-bond donors (Lipinski definition) is 0. The Bertz CT molecular complexity index is 910. The zero-order chi connectivity index (χ0) is 17.4. The molecule has 6 nitrogen and oxygen atoms in total. The van der Waals surface area contributed by atoms with E-state index in [4.69, 9.17) is 20.5 Å². The molecule has 25 heavy (non-hydrogen) atoms. The Kier molecular flexibility index (Phi) is 4.01. The predicted octanol–water partition coefficient (Wildman–Crippen LogP) is 3.64. The molecule has 1 aliphatic rings. The first-order valence-electron chi connectivity index (χ1n) is 7.69. The summed E-state index contributed by atoms with van der Waals surface area (Å²) in [5.41, 5.74) is 0.466. The quantitative estimate of drug-likeness (QED) is 0.709. The molecule has 1 amide bonds. The molecule has 1 saturated heterocycles. The summed E-state index contributed by atoms with van der Waals surface area (Å²) in [7, 11) is 0. The summed E-state index contributed by atoms with van der Waals surface area (Å²) in [6.45, 7) is 0.877. The van der Waals surface area contributed by atoms with Gasteiger partial charge in [0.05, 0.1) is 23.7 Å². The summed E-state index contributed by atoms with van der Waals surface area (Å²) in [6, 6.07) is 7.90. The maximum atomic E-state index is 13.6. The van der Waals surface area contributed by atoms with Gasteiger partial charge in [0.25, 0.3) is 0 Å². The topological polar surface area (TPSA) is 72.4 Å². The molecular formula is C17H13ClFN3O3. The van der Waals surface area contributed by atoms with Crippen LogP contribution in [0.25, 0.3) is 11.4 Å². The van der Waals surface area contributed by atoms with E-state index >= 15 is 0 Å². The predicted molar refractivity (Wildman–Crippen MR) is 86.2 cm³/mol. The number of rotatable bonds is 4. The first kappa shape index (κ1) is 15.8. The van der Waals surface area contributed by atoms with E-state index in [0.29, 0.717) is 24.5 Å². The van der Waals surface area contributed by atoms with Crippen LogP contribution in [0, 0.1) is 5.82 Å². The van der Waals surface area contributed by atoms with E-state index in [9.17, 15) is 9.18 Å². The van der Waals surface area contributed by atoms with Crippen molar-refractivity contribution in [1.82, 2.24) is 15.0 Å². The molecule has 2 aromatic heterocycles. The molecule has 0 N–H and O–H groups in total. The maximum absolute atomic E-state index is 13.6. The third-order valence-electron chi connectivity index (χ3n) is 4.11. The SMILES string of the molecule is O=C1CC(c2nc(-c3ccc(Cl)c(F)c3)no2)CN1Cc1ccco1. The number of hydrogen-bond acceptors (Lipinski definition) is 5. The van der Waals surface area contributed by atoms with Crippen molar-refractivity contribution in [3.63, 3.8) is 0 Å². The lowest BCUT2D eigenvalue weighted by molar-refractivity contribution is -0.128. The third kappa shape index (κ3) is 3.15. The number of carbonyl (C=O) groups is 1. The van der Waals surface area contributed by atoms with Crippen LogP contribution in [-0.4, -0.2) is 27.5 Å². The number of nitrogens with zero attached hydrogens (tertiary/aromatic N) is 3. The van der Waals surface area contributed by atoms with Gasteiger partial charge in [-0.25, -0.2) is 4.39 Å². The lowest BCUT2D eigenvalue weighted by Crippen LogP contribution is -2.24. The summed E-state index contributed by atoms with van der Waals surface area (Å²) >= 11 is 5.68. The molecule has 0 aliphatic carbocycles. The average molecular weight is 362 g/mol. The van der Waals surface area contributed by atoms with Crippen molar-refractivity contribution in [1.29, 1.82) is 0 Å². The van der Waals surface area contributed by atoms with E-state index in [-0.39, 0.29) is 29.1 Å². The lowest BCUT2D eigenvalue weighted by Gasteiger charge is -2.13. The average Bonchev–Trinajstić information content (AvgIpc) is 3.32. The number of carbonyl (C=O) groups excluding carboxylic acids is 1. The van der Waals surface area contributed by atoms with E-state index in [0.717, 1.165) is 5.76 Å². The van der Waals surface area contributed by atoms with Gasteiger partial charge < -0.3 is 13.8 Å². The summed E-state index contributed by atoms with van der Waals surface area (Å²) in [5.74, 6) is 0.603. The summed E-state index contributed by atoms with van der Waals surface area (Å²) in [4.78, 5) is 18.2. The molecule has 1 atom stereocenters. The van der Waals surface area contributed by atoms with Gasteiger partial charge in [0.15, 0.2) is 0 Å². The largest absolute Gasteiger partial charge is 0.467 e. The van der Waals surface area contributed by atoms with Gasteiger partial charge in [-0.3, -0.25) is 4.79 Å². The van der Waals surface area contributed by atoms with E-state index in [1.54, 1.807) is 23.3 Å². The second kappa shape index (κ2) is 6.33. The molecule has 1 fully saturated rings. The number of benzene rings is 1. The molecule has 3 aromatic rings. The van der Waals surface area contributed by atoms with Crippen molar-refractivity contribution in [3.05, 3.63) is 59.1 Å². The molecule has 0 saturated carbocycles. The Morgan fingerprint density at radius 2 is 2.24 bits per heavy atom. The third-order valence-corrected chi connectivity index (χ3v) is 4.42. The highest BCUT2D eigenvalue weighted by molar-refractivity contribution is 6.30. The number of furan rings is 1. The molecule has 3 heterocycles. The minimum atomic E-state index is -0.550. The molecule has 1 aliphatic heterocycles. The second-order valence-corrected chi connectivity index (χ2v) is 6.25. The lowest BCUT2D eigenvalue weighted by atomic mass is 10.1. The van der Waals surface area contributed by atoms with Gasteiger partial charge in [0.1, 0.15) is 11.6 Å². The molecule has 1 aromatic carbocycles. The highest BCUT2D eigenvalue weighted by atomic mass is 35.5. The van der Waals surface area contributed by atoms with Crippen LogP contribution in [-0.2, 0) is 11.3 Å². The Morgan fingerprint density at radius 1 is 1.36 bits per heavy atom. The summed E-state index contributed by atoms with van der Waals surface area (Å²) in [6.07, 6.45) is 1.86. The van der Waals surface area contributed by atoms with Crippen LogP contribution < -0.4 is 0 Å². The van der Waals surface area contributed by atoms with Gasteiger partial charge >= 0.3 is 0 Å². The molecule has 1 unspecified atom stereocenters. The minimum Gasteiger partial charge on any atom is -0.467 e. The molecule has 0 radical (unpaired) electrons. The van der Waals surface area contributed by atoms with Gasteiger partial charge in [-0.05, 0) is 30.3 Å². The van der Waals surface area contributed by atoms with Crippen molar-refractivity contribution in [2.75, 3.05) is 6.54 Å². The van der Waals surface area contributed by atoms with Gasteiger partial charge in [-0.15, -0.1) is 0 Å². The molecule has 0 bridgehead atoms. The van der Waals surface area contributed by atoms with E-state index in [1.807, 2.05) is 6.07 Å². The van der Waals surface area contributed by atoms with Crippen LogP contribution in [0.15, 0.2) is 45.5 Å². The van der Waals surface area contributed by atoms with Crippen LogP contribution >= 0.6 is 11.6 Å². The smallest absolute Gasteiger partial charge is 0.232 e. The van der Waals surface area contributed by atoms with Gasteiger partial charge in [-0.1, -0.05) is 16.8 Å². The van der Waals surface area contributed by atoms with Crippen molar-refractivity contribution >= 4 is 17.5 Å². The highest BCUT2D eigenvalue weighted by Gasteiger charge is 2.34. The number of likely N-dealkylation sites (tertiary alicyclic amines) is 1. The Hall–Kier alpha value is -2.67. The molecular weight excluding hydrogens is 349 g/mol. The van der Waals surface area contributed by atoms with Crippen LogP contribution in [0.2, 0.25) is 5.02 Å². The van der Waals surface area contributed by atoms with Crippen molar-refractivity contribution < 1.29 is 18.1 Å². The molecule has 0 spiro atoms. The highest BCUT2D eigenvalue weighted by Crippen LogP contribution is 2.30. The van der Waals surface area contributed by atoms with Crippen LogP contribution in [0.4, 0.5) is 4.39 Å². The van der Waals surface area contributed by atoms with Crippen LogP contribution in [0.3, 0.4) is 0 Å². The standard InChI is InChI=1S/C17H13ClFN3O3/c18-13-4-3-10(6-14(13)19)16-20-17(25-21-16)11-7-15(23)22(8-11)9-12-2-1-5-24-12/h1-6,11H,7-9H2. The molecule has 128 valence electrons. The van der Waals surface area contributed by atoms with Gasteiger partial charge in [0.2, 0.25) is 17.6 Å². The van der Waals surface area contributed by atoms with E-state index in [1.165, 1.54) is 12.1 Å². The Labute approximate surface area is 147 Å². The molecule has 4 rings (SSSR count). The second-order valence-electron chi connectivity index (χ2n) is 5.84. The van der Waals surface area contributed by atoms with Crippen molar-refractivity contribution in [2.24, 2.45) is 0 Å². The fourth-order valence-corrected chi connectivity index (χ4v) is 2.95. The first-order valence-corrected chi connectivity index (χ1v) is 8.07. The van der Waals surface area contributed by atoms with Crippen molar-refractivity contribution in [2.45, 2.75) is 18.9 Å². The minimum absolute atomic E-state index is 0.00122. The number of amides is 1. The Morgan fingerprint density at radius 3 is 3.00 bits per heavy atom. The summed E-state index contributed by atoms with van der Waals surface area (Å²) in [5, 5.41) is 3.91. The summed E-state index contributed by atoms with van der Waals surface area (Å²) < 4.78 is 24.1. The van der Waals surface area contributed by atoms with Gasteiger partial charge in [0, 0.05) is 18.5 Å². The fourth-order valence-electron chi connectivity index (χ4n) is 2.83.